The van der Waals surface area contributed by atoms with Gasteiger partial charge in [0.15, 0.2) is 10.9 Å². The van der Waals surface area contributed by atoms with Crippen LogP contribution in [0.5, 0.6) is 5.75 Å². The summed E-state index contributed by atoms with van der Waals surface area (Å²) in [5, 5.41) is 9.29. The van der Waals surface area contributed by atoms with Gasteiger partial charge in [0.05, 0.1) is 12.9 Å². The fraction of sp³-hybridized carbons (Fsp3) is 0.118. The highest BCUT2D eigenvalue weighted by Crippen LogP contribution is 2.22. The quantitative estimate of drug-likeness (QED) is 0.493. The van der Waals surface area contributed by atoms with Crippen molar-refractivity contribution in [2.75, 3.05) is 12.9 Å². The summed E-state index contributed by atoms with van der Waals surface area (Å²) < 4.78 is 6.99. The molecule has 122 valence electrons. The van der Waals surface area contributed by atoms with E-state index in [1.165, 1.54) is 11.8 Å². The average Bonchev–Trinajstić information content (AvgIpc) is 3.09. The Morgan fingerprint density at radius 3 is 2.54 bits per heavy atom. The summed E-state index contributed by atoms with van der Waals surface area (Å²) in [6.07, 6.45) is 1.62. The molecule has 0 unspecified atom stereocenters. The molecule has 0 bridgehead atoms. The average molecular weight is 360 g/mol. The summed E-state index contributed by atoms with van der Waals surface area (Å²) in [5.74, 6) is 1.07. The van der Waals surface area contributed by atoms with Gasteiger partial charge >= 0.3 is 0 Å². The summed E-state index contributed by atoms with van der Waals surface area (Å²) in [6.45, 7) is 0. The van der Waals surface area contributed by atoms with Crippen LogP contribution >= 0.6 is 23.4 Å². The number of aromatic nitrogens is 3. The first kappa shape index (κ1) is 16.5. The van der Waals surface area contributed by atoms with Crippen molar-refractivity contribution in [1.82, 2.24) is 14.8 Å². The van der Waals surface area contributed by atoms with Crippen LogP contribution in [0, 0.1) is 0 Å². The van der Waals surface area contributed by atoms with Crippen LogP contribution in [-0.2, 0) is 0 Å². The highest BCUT2D eigenvalue weighted by molar-refractivity contribution is 7.99. The Balaban J connectivity index is 1.71. The molecule has 1 aromatic heterocycles. The van der Waals surface area contributed by atoms with Gasteiger partial charge in [-0.2, -0.15) is 0 Å². The lowest BCUT2D eigenvalue weighted by atomic mass is 10.1. The zero-order valence-corrected chi connectivity index (χ0v) is 14.4. The Labute approximate surface area is 148 Å². The maximum absolute atomic E-state index is 12.2. The molecule has 3 aromatic rings. The van der Waals surface area contributed by atoms with Crippen LogP contribution < -0.4 is 4.74 Å². The van der Waals surface area contributed by atoms with E-state index in [1.807, 2.05) is 28.8 Å². The van der Waals surface area contributed by atoms with Crippen molar-refractivity contribution in [3.63, 3.8) is 0 Å². The minimum absolute atomic E-state index is 0.0148. The molecule has 24 heavy (non-hydrogen) atoms. The Bertz CT molecular complexity index is 832. The van der Waals surface area contributed by atoms with Gasteiger partial charge in [-0.3, -0.25) is 9.36 Å². The van der Waals surface area contributed by atoms with E-state index in [9.17, 15) is 4.79 Å². The maximum Gasteiger partial charge on any atom is 0.196 e. The van der Waals surface area contributed by atoms with Gasteiger partial charge in [0, 0.05) is 16.3 Å². The molecule has 0 saturated heterocycles. The second-order valence-electron chi connectivity index (χ2n) is 4.90. The number of hydrogen-bond donors (Lipinski definition) is 0. The zero-order valence-electron chi connectivity index (χ0n) is 12.8. The first-order valence-corrected chi connectivity index (χ1v) is 8.50. The van der Waals surface area contributed by atoms with E-state index >= 15 is 0 Å². The molecule has 0 radical (unpaired) electrons. The summed E-state index contributed by atoms with van der Waals surface area (Å²) in [4.78, 5) is 12.2. The lowest BCUT2D eigenvalue weighted by Crippen LogP contribution is -2.04. The standard InChI is InChI=1S/C17H14ClN3O2S/c1-23-15-8-6-14(7-9-15)21-11-19-20-17(21)24-10-16(22)12-2-4-13(18)5-3-12/h2-9,11H,10H2,1H3. The number of carbonyl (C=O) groups excluding carboxylic acids is 1. The van der Waals surface area contributed by atoms with Crippen LogP contribution in [-0.4, -0.2) is 33.4 Å². The summed E-state index contributed by atoms with van der Waals surface area (Å²) in [6, 6.07) is 14.4. The number of thioether (sulfide) groups is 1. The van der Waals surface area contributed by atoms with Gasteiger partial charge < -0.3 is 4.74 Å². The second kappa shape index (κ2) is 7.51. The Kier molecular flexibility index (Phi) is 5.17. The molecule has 0 fully saturated rings. The van der Waals surface area contributed by atoms with Crippen LogP contribution in [0.4, 0.5) is 0 Å². The van der Waals surface area contributed by atoms with Crippen molar-refractivity contribution in [3.8, 4) is 11.4 Å². The second-order valence-corrected chi connectivity index (χ2v) is 6.28. The van der Waals surface area contributed by atoms with Crippen molar-refractivity contribution in [2.45, 2.75) is 5.16 Å². The van der Waals surface area contributed by atoms with E-state index in [0.29, 0.717) is 15.7 Å². The largest absolute Gasteiger partial charge is 0.497 e. The smallest absolute Gasteiger partial charge is 0.196 e. The number of ether oxygens (including phenoxy) is 1. The van der Waals surface area contributed by atoms with Gasteiger partial charge in [-0.15, -0.1) is 10.2 Å². The van der Waals surface area contributed by atoms with Gasteiger partial charge in [0.25, 0.3) is 0 Å². The molecule has 0 spiro atoms. The summed E-state index contributed by atoms with van der Waals surface area (Å²) >= 11 is 7.18. The highest BCUT2D eigenvalue weighted by Gasteiger charge is 2.12. The van der Waals surface area contributed by atoms with Crippen LogP contribution in [0.25, 0.3) is 5.69 Å². The predicted molar refractivity (Wildman–Crippen MR) is 94.4 cm³/mol. The fourth-order valence-electron chi connectivity index (χ4n) is 2.09. The van der Waals surface area contributed by atoms with E-state index in [0.717, 1.165) is 11.4 Å². The SMILES string of the molecule is COc1ccc(-n2cnnc2SCC(=O)c2ccc(Cl)cc2)cc1. The zero-order chi connectivity index (χ0) is 16.9. The molecule has 1 heterocycles. The van der Waals surface area contributed by atoms with Gasteiger partial charge in [-0.1, -0.05) is 23.4 Å². The van der Waals surface area contributed by atoms with E-state index in [1.54, 1.807) is 37.7 Å². The van der Waals surface area contributed by atoms with Gasteiger partial charge in [-0.05, 0) is 48.5 Å². The van der Waals surface area contributed by atoms with Crippen molar-refractivity contribution >= 4 is 29.1 Å². The van der Waals surface area contributed by atoms with Gasteiger partial charge in [-0.25, -0.2) is 0 Å². The van der Waals surface area contributed by atoms with Crippen molar-refractivity contribution in [3.05, 3.63) is 65.4 Å². The van der Waals surface area contributed by atoms with Crippen molar-refractivity contribution in [1.29, 1.82) is 0 Å². The number of halogens is 1. The monoisotopic (exact) mass is 359 g/mol. The number of ketones is 1. The summed E-state index contributed by atoms with van der Waals surface area (Å²) in [7, 11) is 1.62. The Morgan fingerprint density at radius 1 is 1.17 bits per heavy atom. The molecular weight excluding hydrogens is 346 g/mol. The molecule has 0 amide bonds. The molecule has 0 aliphatic heterocycles. The Morgan fingerprint density at radius 2 is 1.88 bits per heavy atom. The molecule has 2 aromatic carbocycles. The molecule has 7 heteroatoms. The summed E-state index contributed by atoms with van der Waals surface area (Å²) in [5.41, 5.74) is 1.53. The molecule has 5 nitrogen and oxygen atoms in total. The molecular formula is C17H14ClN3O2S. The third-order valence-electron chi connectivity index (χ3n) is 3.37. The van der Waals surface area contributed by atoms with Gasteiger partial charge in [0.1, 0.15) is 12.1 Å². The van der Waals surface area contributed by atoms with Crippen molar-refractivity contribution < 1.29 is 9.53 Å². The first-order chi connectivity index (χ1) is 11.7. The molecule has 0 saturated carbocycles. The van der Waals surface area contributed by atoms with Gasteiger partial charge in [0.2, 0.25) is 0 Å². The van der Waals surface area contributed by atoms with Crippen molar-refractivity contribution in [2.24, 2.45) is 0 Å². The minimum Gasteiger partial charge on any atom is -0.497 e. The number of methoxy groups -OCH3 is 1. The molecule has 0 aliphatic carbocycles. The lowest BCUT2D eigenvalue weighted by molar-refractivity contribution is 0.102. The third kappa shape index (κ3) is 3.77. The molecule has 0 aliphatic rings. The maximum atomic E-state index is 12.2. The van der Waals surface area contributed by atoms with Crippen LogP contribution in [0.15, 0.2) is 60.0 Å². The van der Waals surface area contributed by atoms with Crippen LogP contribution in [0.1, 0.15) is 10.4 Å². The molecule has 0 N–H and O–H groups in total. The van der Waals surface area contributed by atoms with E-state index in [2.05, 4.69) is 10.2 Å². The third-order valence-corrected chi connectivity index (χ3v) is 4.56. The van der Waals surface area contributed by atoms with E-state index in [-0.39, 0.29) is 11.5 Å². The first-order valence-electron chi connectivity index (χ1n) is 7.13. The molecule has 3 rings (SSSR count). The van der Waals surface area contributed by atoms with E-state index < -0.39 is 0 Å². The normalized spacial score (nSPS) is 10.6. The van der Waals surface area contributed by atoms with E-state index in [4.69, 9.17) is 16.3 Å². The number of Topliss-reactive ketones (excluding diaryl/α,β-unsaturated/α-hetero) is 1. The Hall–Kier alpha value is -2.31. The topological polar surface area (TPSA) is 57.0 Å². The number of nitrogens with zero attached hydrogens (tertiary/aromatic N) is 3. The number of rotatable bonds is 6. The van der Waals surface area contributed by atoms with Crippen LogP contribution in [0.3, 0.4) is 0 Å². The predicted octanol–water partition coefficient (Wildman–Crippen LogP) is 3.90. The number of benzene rings is 2. The minimum atomic E-state index is 0.0148. The lowest BCUT2D eigenvalue weighted by Gasteiger charge is -2.07. The molecule has 0 atom stereocenters. The highest BCUT2D eigenvalue weighted by atomic mass is 35.5. The number of hydrogen-bond acceptors (Lipinski definition) is 5. The fourth-order valence-corrected chi connectivity index (χ4v) is 3.04. The van der Waals surface area contributed by atoms with Crippen LogP contribution in [0.2, 0.25) is 5.02 Å². The number of carbonyl (C=O) groups is 1.